The fraction of sp³-hybridized carbons (Fsp3) is 0.647. The average molecular weight is 347 g/mol. The zero-order valence-corrected chi connectivity index (χ0v) is 13.8. The zero-order valence-electron chi connectivity index (χ0n) is 13.8. The number of alkyl halides is 3. The van der Waals surface area contributed by atoms with Crippen LogP contribution >= 0.6 is 0 Å². The van der Waals surface area contributed by atoms with Gasteiger partial charge in [-0.05, 0) is 37.9 Å². The van der Waals surface area contributed by atoms with Crippen molar-refractivity contribution in [2.75, 3.05) is 40.0 Å². The maximum atomic E-state index is 12.9. The van der Waals surface area contributed by atoms with E-state index in [4.69, 9.17) is 9.47 Å². The van der Waals surface area contributed by atoms with Gasteiger partial charge < -0.3 is 19.5 Å². The van der Waals surface area contributed by atoms with Crippen molar-refractivity contribution in [3.8, 4) is 5.75 Å². The maximum Gasteiger partial charge on any atom is 0.419 e. The Morgan fingerprint density at radius 1 is 1.29 bits per heavy atom. The zero-order chi connectivity index (χ0) is 17.6. The van der Waals surface area contributed by atoms with Crippen LogP contribution in [0, 0.1) is 5.92 Å². The number of rotatable bonds is 7. The van der Waals surface area contributed by atoms with E-state index in [-0.39, 0.29) is 12.4 Å². The lowest BCUT2D eigenvalue weighted by Crippen LogP contribution is -2.37. The van der Waals surface area contributed by atoms with E-state index < -0.39 is 17.8 Å². The quantitative estimate of drug-likeness (QED) is 0.824. The fourth-order valence-electron chi connectivity index (χ4n) is 2.87. The normalized spacial score (nSPS) is 17.9. The van der Waals surface area contributed by atoms with Crippen molar-refractivity contribution < 1.29 is 27.8 Å². The van der Waals surface area contributed by atoms with E-state index in [1.807, 2.05) is 11.9 Å². The van der Waals surface area contributed by atoms with Gasteiger partial charge in [0.15, 0.2) is 0 Å². The number of ether oxygens (including phenoxy) is 2. The highest BCUT2D eigenvalue weighted by Crippen LogP contribution is 2.35. The molecule has 24 heavy (non-hydrogen) atoms. The summed E-state index contributed by atoms with van der Waals surface area (Å²) in [4.78, 5) is 1.99. The number of hydrogen-bond donors (Lipinski definition) is 1. The Hall–Kier alpha value is -1.31. The molecule has 0 amide bonds. The Kier molecular flexibility index (Phi) is 6.89. The lowest BCUT2D eigenvalue weighted by Gasteiger charge is -2.28. The molecule has 1 aliphatic heterocycles. The van der Waals surface area contributed by atoms with Gasteiger partial charge in [0, 0.05) is 26.3 Å². The number of hydrogen-bond acceptors (Lipinski definition) is 4. The summed E-state index contributed by atoms with van der Waals surface area (Å²) in [6.07, 6.45) is -3.33. The van der Waals surface area contributed by atoms with Crippen LogP contribution in [0.4, 0.5) is 13.2 Å². The van der Waals surface area contributed by atoms with Crippen LogP contribution in [0.3, 0.4) is 0 Å². The molecular formula is C17H24F3NO3. The molecule has 1 unspecified atom stereocenters. The van der Waals surface area contributed by atoms with Crippen molar-refractivity contribution in [1.82, 2.24) is 4.90 Å². The molecule has 0 spiro atoms. The van der Waals surface area contributed by atoms with Crippen LogP contribution in [0.5, 0.6) is 5.75 Å². The second-order valence-corrected chi connectivity index (χ2v) is 6.24. The Morgan fingerprint density at radius 2 is 1.96 bits per heavy atom. The van der Waals surface area contributed by atoms with Crippen molar-refractivity contribution >= 4 is 0 Å². The lowest BCUT2D eigenvalue weighted by atomic mass is 10.00. The third kappa shape index (κ3) is 5.96. The van der Waals surface area contributed by atoms with E-state index in [0.29, 0.717) is 12.5 Å². The summed E-state index contributed by atoms with van der Waals surface area (Å²) in [7, 11) is 1.89. The number of likely N-dealkylation sites (N-methyl/N-ethyl adjacent to an activating group) is 1. The molecule has 1 saturated heterocycles. The highest BCUT2D eigenvalue weighted by Gasteiger charge is 2.34. The molecule has 1 atom stereocenters. The SMILES string of the molecule is CN(CC(O)COc1ccccc1C(F)(F)F)CC1CCOCC1. The molecule has 0 saturated carbocycles. The van der Waals surface area contributed by atoms with E-state index in [1.165, 1.54) is 18.2 Å². The maximum absolute atomic E-state index is 12.9. The van der Waals surface area contributed by atoms with Crippen LogP contribution in [-0.4, -0.2) is 56.1 Å². The third-order valence-corrected chi connectivity index (χ3v) is 4.06. The molecule has 1 N–H and O–H groups in total. The summed E-state index contributed by atoms with van der Waals surface area (Å²) in [6, 6.07) is 5.03. The van der Waals surface area contributed by atoms with E-state index in [1.54, 1.807) is 0 Å². The van der Waals surface area contributed by atoms with Gasteiger partial charge in [-0.15, -0.1) is 0 Å². The Morgan fingerprint density at radius 3 is 2.62 bits per heavy atom. The highest BCUT2D eigenvalue weighted by atomic mass is 19.4. The molecule has 1 aromatic rings. The van der Waals surface area contributed by atoms with Crippen molar-refractivity contribution in [2.24, 2.45) is 5.92 Å². The first kappa shape index (κ1) is 19.0. The molecule has 136 valence electrons. The molecule has 0 aliphatic carbocycles. The Balaban J connectivity index is 1.79. The van der Waals surface area contributed by atoms with E-state index >= 15 is 0 Å². The van der Waals surface area contributed by atoms with Crippen molar-refractivity contribution in [3.63, 3.8) is 0 Å². The first-order chi connectivity index (χ1) is 11.4. The molecule has 1 aliphatic rings. The second-order valence-electron chi connectivity index (χ2n) is 6.24. The summed E-state index contributed by atoms with van der Waals surface area (Å²) in [5, 5.41) is 10.0. The van der Waals surface area contributed by atoms with Gasteiger partial charge in [0.1, 0.15) is 18.5 Å². The summed E-state index contributed by atoms with van der Waals surface area (Å²) < 4.78 is 49.2. The standard InChI is InChI=1S/C17H24F3NO3/c1-21(10-13-6-8-23-9-7-13)11-14(22)12-24-16-5-3-2-4-15(16)17(18,19)20/h2-5,13-14,22H,6-12H2,1H3. The van der Waals surface area contributed by atoms with Gasteiger partial charge in [-0.2, -0.15) is 13.2 Å². The number of benzene rings is 1. The van der Waals surface area contributed by atoms with Crippen molar-refractivity contribution in [2.45, 2.75) is 25.1 Å². The smallest absolute Gasteiger partial charge is 0.419 e. The van der Waals surface area contributed by atoms with Crippen LogP contribution in [-0.2, 0) is 10.9 Å². The summed E-state index contributed by atoms with van der Waals surface area (Å²) in [5.74, 6) is 0.277. The van der Waals surface area contributed by atoms with E-state index in [0.717, 1.165) is 38.7 Å². The fourth-order valence-corrected chi connectivity index (χ4v) is 2.87. The van der Waals surface area contributed by atoms with E-state index in [9.17, 15) is 18.3 Å². The monoisotopic (exact) mass is 347 g/mol. The van der Waals surface area contributed by atoms with Gasteiger partial charge in [0.05, 0.1) is 5.56 Å². The molecular weight excluding hydrogens is 323 g/mol. The molecule has 1 aromatic carbocycles. The minimum absolute atomic E-state index is 0.175. The molecule has 1 fully saturated rings. The number of aliphatic hydroxyl groups excluding tert-OH is 1. The van der Waals surface area contributed by atoms with Gasteiger partial charge in [-0.25, -0.2) is 0 Å². The van der Waals surface area contributed by atoms with Gasteiger partial charge >= 0.3 is 6.18 Å². The number of nitrogens with zero attached hydrogens (tertiary/aromatic N) is 1. The van der Waals surface area contributed by atoms with Crippen LogP contribution in [0.15, 0.2) is 24.3 Å². The minimum atomic E-state index is -4.47. The molecule has 7 heteroatoms. The molecule has 1 heterocycles. The van der Waals surface area contributed by atoms with Gasteiger partial charge in [0.2, 0.25) is 0 Å². The number of halogens is 3. The largest absolute Gasteiger partial charge is 0.490 e. The minimum Gasteiger partial charge on any atom is -0.490 e. The molecule has 2 rings (SSSR count). The summed E-state index contributed by atoms with van der Waals surface area (Å²) >= 11 is 0. The third-order valence-electron chi connectivity index (χ3n) is 4.06. The number of aliphatic hydroxyl groups is 1. The van der Waals surface area contributed by atoms with E-state index in [2.05, 4.69) is 0 Å². The molecule has 4 nitrogen and oxygen atoms in total. The Labute approximate surface area is 140 Å². The summed E-state index contributed by atoms with van der Waals surface area (Å²) in [6.45, 7) is 2.53. The van der Waals surface area contributed by atoms with Crippen LogP contribution < -0.4 is 4.74 Å². The van der Waals surface area contributed by atoms with Gasteiger partial charge in [-0.3, -0.25) is 0 Å². The van der Waals surface area contributed by atoms with Crippen molar-refractivity contribution in [3.05, 3.63) is 29.8 Å². The van der Waals surface area contributed by atoms with Crippen LogP contribution in [0.2, 0.25) is 0 Å². The lowest BCUT2D eigenvalue weighted by molar-refractivity contribution is -0.139. The van der Waals surface area contributed by atoms with Gasteiger partial charge in [-0.1, -0.05) is 12.1 Å². The first-order valence-electron chi connectivity index (χ1n) is 8.09. The van der Waals surface area contributed by atoms with Crippen molar-refractivity contribution in [1.29, 1.82) is 0 Å². The average Bonchev–Trinajstić information content (AvgIpc) is 2.53. The highest BCUT2D eigenvalue weighted by molar-refractivity contribution is 5.35. The molecule has 0 aromatic heterocycles. The predicted octanol–water partition coefficient (Wildman–Crippen LogP) is 2.80. The molecule has 0 bridgehead atoms. The predicted molar refractivity (Wildman–Crippen MR) is 84.0 cm³/mol. The molecule has 0 radical (unpaired) electrons. The summed E-state index contributed by atoms with van der Waals surface area (Å²) in [5.41, 5.74) is -0.826. The number of para-hydroxylation sites is 1. The second kappa shape index (κ2) is 8.69. The van der Waals surface area contributed by atoms with Gasteiger partial charge in [0.25, 0.3) is 0 Å². The Bertz CT molecular complexity index is 504. The first-order valence-corrected chi connectivity index (χ1v) is 8.09. The topological polar surface area (TPSA) is 41.9 Å². The van der Waals surface area contributed by atoms with Crippen LogP contribution in [0.1, 0.15) is 18.4 Å². The van der Waals surface area contributed by atoms with Crippen LogP contribution in [0.25, 0.3) is 0 Å².